The molecule has 4 aliphatic heterocycles. The summed E-state index contributed by atoms with van der Waals surface area (Å²) in [6, 6.07) is 42.8. The van der Waals surface area contributed by atoms with Crippen molar-refractivity contribution in [3.63, 3.8) is 0 Å². The number of amides is 4. The van der Waals surface area contributed by atoms with Gasteiger partial charge in [0.15, 0.2) is 59.8 Å². The summed E-state index contributed by atoms with van der Waals surface area (Å²) < 4.78 is 28.1. The second-order valence-electron chi connectivity index (χ2n) is 40.2. The number of pyridine rings is 6. The van der Waals surface area contributed by atoms with Crippen LogP contribution in [0.1, 0.15) is 139 Å². The number of aromatic amines is 3. The Morgan fingerprint density at radius 2 is 0.655 bits per heavy atom. The van der Waals surface area contributed by atoms with Crippen LogP contribution in [0.25, 0.3) is 19.4 Å². The molecule has 0 saturated carbocycles. The van der Waals surface area contributed by atoms with E-state index in [1.54, 1.807) is 207 Å². The van der Waals surface area contributed by atoms with Gasteiger partial charge in [0.25, 0.3) is 23.6 Å². The number of rotatable bonds is 24. The Bertz CT molecular complexity index is 6750. The maximum Gasteiger partial charge on any atom is 0.259 e. The molecular weight excluding hydrogens is 1990 g/mol. The highest BCUT2D eigenvalue weighted by atomic mass is 32.1. The number of H-pyrrole nitrogens is 3. The van der Waals surface area contributed by atoms with Crippen LogP contribution in [0, 0.1) is 70.7 Å². The summed E-state index contributed by atoms with van der Waals surface area (Å²) in [5.41, 5.74) is 12.9. The van der Waals surface area contributed by atoms with E-state index in [1.807, 2.05) is 67.5 Å². The quantitative estimate of drug-likeness (QED) is 0.0128. The summed E-state index contributed by atoms with van der Waals surface area (Å²) in [7, 11) is -3.40. The highest BCUT2D eigenvalue weighted by Gasteiger charge is 2.55. The maximum atomic E-state index is 13.4. The number of anilines is 9. The average molecular weight is 2120 g/mol. The fraction of sp³-hybridized carbons (Fsp3) is 0.374. The third-order valence-electron chi connectivity index (χ3n) is 25.1. The molecule has 0 aliphatic carbocycles. The molecule has 148 heavy (non-hydrogen) atoms. The van der Waals surface area contributed by atoms with Gasteiger partial charge < -0.3 is 78.7 Å². The van der Waals surface area contributed by atoms with Gasteiger partial charge in [-0.1, -0.05) is 71.9 Å². The molecule has 41 heteroatoms. The first-order valence-electron chi connectivity index (χ1n) is 47.0. The molecule has 0 spiro atoms. The zero-order valence-corrected chi connectivity index (χ0v) is 93.1. The van der Waals surface area contributed by atoms with Gasteiger partial charge in [0.2, 0.25) is 34.3 Å². The monoisotopic (exact) mass is 2120 g/mol. The molecule has 10 heterocycles. The second-order valence-corrected chi connectivity index (χ2v) is 51.3. The summed E-state index contributed by atoms with van der Waals surface area (Å²) in [5, 5.41) is 36.8. The van der Waals surface area contributed by atoms with Crippen molar-refractivity contribution >= 4 is 184 Å². The summed E-state index contributed by atoms with van der Waals surface area (Å²) >= 11 is 22.6. The Labute approximate surface area is 887 Å². The van der Waals surface area contributed by atoms with Gasteiger partial charge >= 0.3 is 0 Å². The highest BCUT2D eigenvalue weighted by Crippen LogP contribution is 2.45. The minimum atomic E-state index is -1.82. The number of aliphatic hydroxyl groups excluding tert-OH is 3. The van der Waals surface area contributed by atoms with E-state index in [0.29, 0.717) is 138 Å². The molecule has 0 unspecified atom stereocenters. The van der Waals surface area contributed by atoms with Crippen LogP contribution in [-0.2, 0) is 34.5 Å². The van der Waals surface area contributed by atoms with E-state index < -0.39 is 38.8 Å². The van der Waals surface area contributed by atoms with Gasteiger partial charge in [0.05, 0.1) is 112 Å². The second kappa shape index (κ2) is 49.8. The number of ether oxygens (including phenoxy) is 3. The lowest BCUT2D eigenvalue weighted by Crippen LogP contribution is -2.44. The molecule has 6 aromatic heterocycles. The zero-order chi connectivity index (χ0) is 110. The standard InChI is InChI=1S/C26H34N4O3SSi.2C20H20N4O3S.C18H16N4O2S.C10H12N2O.C8H20O2Si.C5H6N2O/c1-18-16-19(10-12-21(18)27-7)29-23(31)26(5,6)30(24(29)34)20-11-13-22(28-17-20)32-14-15-33-35(8,9)25(2,3)4;2*1-13-11-14(5-7-16(13)21-4)23-18(26)20(2,3)24(19(23)28)15-6-8-17(22-12-15)27-10-9-25;1-11-9-12(5-7-14(11)19-4)21-16(24)18(2,3)22(17(21)25)13-6-8-15(23)20-10-13;1-10(2,7-11)5-8-3-4-9(13)12-6-8;1-8(2,3)11(4,5)10-7-6-9;6-4-1-2-5(8)7-3-4/h10-13,16-17H,14-15H2,1-6,8-9H3;2*5-8,11-12,25H,9-10H2,1-3H3;5-10H,1-3H3,(H,20,23);3-4,6H,5H2,1-2H3,(H,12,13);9H,6-7H2,1-5H3;1-3H,6H2,(H,7,8). The SMILES string of the molecule is CC(C)(C#N)Cc1ccc(=O)[nH]c1.CC(C)(C)[Si](C)(C)OCCO.Nc1ccc(=O)[nH]c1.[C-]#[N+]c1ccc(N2C(=O)C(C)(C)N(c3ccc(=O)[nH]c3)C2=S)cc1C.[C-]#[N+]c1ccc(N2C(=O)C(C)(C)N(c3ccc(OCCO)nc3)C2=S)cc1C.[C-]#[N+]c1ccc(N2C(=O)C(C)(C)N(c3ccc(OCCO)nc3)C2=S)cc1C.[C-]#[N+]c1ccc(N2C(=O)C(C)(C)N(c3ccc(OCCO[Si](C)(C)C(C)(C)C)nc3)C2=S)cc1C. The fourth-order valence-electron chi connectivity index (χ4n) is 14.8. The molecule has 778 valence electrons. The highest BCUT2D eigenvalue weighted by molar-refractivity contribution is 7.81. The number of carbonyl (C=O) groups is 4. The normalized spacial score (nSPS) is 14.9. The Kier molecular flexibility index (Phi) is 40.0. The number of hydrogen-bond acceptors (Lipinski definition) is 24. The van der Waals surface area contributed by atoms with E-state index in [4.69, 9.17) is 125 Å². The first kappa shape index (κ1) is 119. The van der Waals surface area contributed by atoms with Crippen molar-refractivity contribution in [3.8, 4) is 23.7 Å². The van der Waals surface area contributed by atoms with Gasteiger partial charge in [-0.15, -0.1) is 0 Å². The van der Waals surface area contributed by atoms with Crippen LogP contribution in [0.15, 0.2) is 197 Å². The fourth-order valence-corrected chi connectivity index (χ4v) is 18.9. The van der Waals surface area contributed by atoms with Crippen LogP contribution in [-0.4, -0.2) is 181 Å². The Morgan fingerprint density at radius 1 is 0.385 bits per heavy atom. The number of aromatic nitrogens is 6. The number of nitriles is 1. The lowest BCUT2D eigenvalue weighted by Gasteiger charge is -2.36. The number of nitrogens with zero attached hydrogens (tertiary/aromatic N) is 16. The summed E-state index contributed by atoms with van der Waals surface area (Å²) in [6.07, 6.45) is 10.2. The van der Waals surface area contributed by atoms with Crippen LogP contribution in [0.4, 0.5) is 73.9 Å². The van der Waals surface area contributed by atoms with Crippen LogP contribution in [0.5, 0.6) is 17.6 Å². The van der Waals surface area contributed by atoms with Crippen LogP contribution < -0.4 is 75.8 Å². The summed E-state index contributed by atoms with van der Waals surface area (Å²) in [4.78, 5) is 132. The molecule has 35 nitrogen and oxygen atoms in total. The molecule has 8 N–H and O–H groups in total. The van der Waals surface area contributed by atoms with Crippen LogP contribution >= 0.6 is 48.9 Å². The number of aliphatic hydroxyl groups is 3. The van der Waals surface area contributed by atoms with E-state index in [2.05, 4.69) is 123 Å². The average Bonchev–Trinajstić information content (AvgIpc) is 1.60. The molecule has 14 rings (SSSR count). The predicted octanol–water partition coefficient (Wildman–Crippen LogP) is 19.3. The first-order chi connectivity index (χ1) is 69.2. The number of carbonyl (C=O) groups excluding carboxylic acids is 4. The molecule has 4 fully saturated rings. The van der Waals surface area contributed by atoms with Crippen molar-refractivity contribution in [1.29, 1.82) is 5.26 Å². The van der Waals surface area contributed by atoms with Gasteiger partial charge in [-0.25, -0.2) is 34.3 Å². The van der Waals surface area contributed by atoms with Crippen molar-refractivity contribution < 1.29 is 57.6 Å². The lowest BCUT2D eigenvalue weighted by atomic mass is 9.88. The number of nitrogens with one attached hydrogen (secondary N) is 3. The number of nitrogen functional groups attached to an aromatic ring is 1. The van der Waals surface area contributed by atoms with Crippen molar-refractivity contribution in [1.82, 2.24) is 29.9 Å². The summed E-state index contributed by atoms with van der Waals surface area (Å²) in [6.45, 7) is 78.0. The van der Waals surface area contributed by atoms with Crippen molar-refractivity contribution in [2.75, 3.05) is 97.8 Å². The van der Waals surface area contributed by atoms with Crippen molar-refractivity contribution in [2.45, 2.75) is 203 Å². The Hall–Kier alpha value is -14.5. The molecule has 4 amide bonds. The van der Waals surface area contributed by atoms with Crippen LogP contribution in [0.2, 0.25) is 36.3 Å². The van der Waals surface area contributed by atoms with Gasteiger partial charge in [0, 0.05) is 83.4 Å². The molecule has 4 aliphatic rings. The first-order valence-corrected chi connectivity index (χ1v) is 54.4. The van der Waals surface area contributed by atoms with Gasteiger partial charge in [-0.2, -0.15) is 5.26 Å². The molecule has 0 radical (unpaired) electrons. The molecule has 0 bridgehead atoms. The van der Waals surface area contributed by atoms with E-state index in [-0.39, 0.29) is 88.8 Å². The van der Waals surface area contributed by atoms with E-state index in [9.17, 15) is 33.6 Å². The van der Waals surface area contributed by atoms with E-state index in [0.717, 1.165) is 27.8 Å². The topological polar surface area (TPSA) is 406 Å². The maximum absolute atomic E-state index is 13.4. The molecular formula is C107H128N20O15S4Si2. The molecule has 4 aromatic carbocycles. The van der Waals surface area contributed by atoms with Crippen LogP contribution in [0.3, 0.4) is 0 Å². The predicted molar refractivity (Wildman–Crippen MR) is 602 cm³/mol. The van der Waals surface area contributed by atoms with Gasteiger partial charge in [-0.05, 0) is 295 Å². The Balaban J connectivity index is 0.000000219. The number of nitrogens with two attached hydrogens (primary N) is 1. The summed E-state index contributed by atoms with van der Waals surface area (Å²) in [5.74, 6) is 0.632. The number of thiocarbonyl (C=S) groups is 4. The third kappa shape index (κ3) is 28.5. The van der Waals surface area contributed by atoms with Crippen molar-refractivity contribution in [3.05, 3.63) is 287 Å². The zero-order valence-electron chi connectivity index (χ0n) is 87.8. The van der Waals surface area contributed by atoms with E-state index >= 15 is 0 Å². The minimum Gasteiger partial charge on any atom is -0.475 e. The number of hydrogen-bond donors (Lipinski definition) is 7. The lowest BCUT2D eigenvalue weighted by molar-refractivity contribution is -0.121. The molecule has 4 saturated heterocycles. The number of aryl methyl sites for hydroxylation is 4. The Morgan fingerprint density at radius 3 is 0.892 bits per heavy atom. The number of benzene rings is 4. The minimum absolute atomic E-state index is 0.0954. The molecule has 0 atom stereocenters. The third-order valence-corrected chi connectivity index (χ3v) is 35.7. The van der Waals surface area contributed by atoms with Gasteiger partial charge in [0.1, 0.15) is 42.0 Å². The van der Waals surface area contributed by atoms with E-state index in [1.165, 1.54) is 44.0 Å². The van der Waals surface area contributed by atoms with Gasteiger partial charge in [-0.3, -0.25) is 53.2 Å². The smallest absolute Gasteiger partial charge is 0.259 e. The largest absolute Gasteiger partial charge is 0.475 e. The molecule has 10 aromatic rings. The van der Waals surface area contributed by atoms with Crippen molar-refractivity contribution in [2.24, 2.45) is 5.41 Å².